The fourth-order valence-corrected chi connectivity index (χ4v) is 12.0. The van der Waals surface area contributed by atoms with Gasteiger partial charge in [-0.2, -0.15) is 0 Å². The van der Waals surface area contributed by atoms with Crippen LogP contribution in [0.15, 0.2) is 128 Å². The molecule has 5 aromatic rings. The van der Waals surface area contributed by atoms with Gasteiger partial charge in [-0.25, -0.2) is 0 Å². The molecule has 0 fully saturated rings. The van der Waals surface area contributed by atoms with E-state index in [4.69, 9.17) is 0 Å². The maximum absolute atomic E-state index is 14.8. The van der Waals surface area contributed by atoms with Gasteiger partial charge in [0.1, 0.15) is 0 Å². The van der Waals surface area contributed by atoms with E-state index in [2.05, 4.69) is 197 Å². The maximum Gasteiger partial charge on any atom is 0.0962 e. The molecule has 0 radical (unpaired) electrons. The van der Waals surface area contributed by atoms with E-state index in [1.807, 2.05) is 6.92 Å². The van der Waals surface area contributed by atoms with Gasteiger partial charge in [0.2, 0.25) is 0 Å². The predicted molar refractivity (Wildman–Crippen MR) is 322 cm³/mol. The standard InChI is InChI=1S/C72H99F5/c1-53(2)54-19-29-64(30-20-54)69(5,6)44-39-60(42-49-75)57-23-37-67(38-24-57)72(11,12)51-61(18-14-13-17-55(41-48-74)56-21-31-66(32-22-56)71(9,10)46-50-76)58-25-33-65(34-26-58)70(7,8)45-40-62(52-77)59-27-35-63(36-28-59)68(3,4)43-15-16-47-73/h19-38,55,60-62H,1,13-18,39-52H2,2-12H3. The smallest absolute Gasteiger partial charge is 0.0962 e. The Bertz CT molecular complexity index is 2470. The van der Waals surface area contributed by atoms with E-state index in [-0.39, 0.29) is 77.4 Å². The fourth-order valence-electron chi connectivity index (χ4n) is 12.0. The third-order valence-corrected chi connectivity index (χ3v) is 18.2. The van der Waals surface area contributed by atoms with Gasteiger partial charge in [0.05, 0.1) is 33.4 Å². The Morgan fingerprint density at radius 3 is 1.06 bits per heavy atom. The lowest BCUT2D eigenvalue weighted by molar-refractivity contribution is 0.369. The van der Waals surface area contributed by atoms with Gasteiger partial charge in [0, 0.05) is 5.92 Å². The van der Waals surface area contributed by atoms with Crippen molar-refractivity contribution in [3.05, 3.63) is 184 Å². The van der Waals surface area contributed by atoms with Crippen LogP contribution in [0.25, 0.3) is 5.57 Å². The van der Waals surface area contributed by atoms with E-state index in [0.29, 0.717) is 25.7 Å². The highest BCUT2D eigenvalue weighted by atomic mass is 19.1. The summed E-state index contributed by atoms with van der Waals surface area (Å²) in [5, 5.41) is 0. The SMILES string of the molecule is C=C(C)c1ccc(C(C)(C)CCC(CCF)c2ccc(C(C)(C)CC(CCCCC(CCF)c3ccc(C(C)(C)CCF)cc3)c3ccc(C(C)(C)CCC(CF)c4ccc(C(C)(C)CCCCF)cc4)cc3)cc2)cc1. The van der Waals surface area contributed by atoms with E-state index in [1.165, 1.54) is 33.4 Å². The fraction of sp³-hybridized carbons (Fsp3) is 0.556. The molecule has 0 bridgehead atoms. The maximum atomic E-state index is 14.8. The number of hydrogen-bond donors (Lipinski definition) is 0. The van der Waals surface area contributed by atoms with Crippen molar-refractivity contribution in [1.29, 1.82) is 0 Å². The third-order valence-electron chi connectivity index (χ3n) is 18.2. The van der Waals surface area contributed by atoms with Crippen LogP contribution in [-0.2, 0) is 27.1 Å². The molecule has 0 spiro atoms. The Hall–Kier alpha value is -4.51. The first kappa shape index (κ1) is 63.3. The molecule has 422 valence electrons. The molecule has 0 amide bonds. The average Bonchev–Trinajstić information content (AvgIpc) is 3.41. The lowest BCUT2D eigenvalue weighted by atomic mass is 9.72. The zero-order valence-corrected chi connectivity index (χ0v) is 49.6. The van der Waals surface area contributed by atoms with Crippen LogP contribution < -0.4 is 0 Å². The van der Waals surface area contributed by atoms with Crippen LogP contribution >= 0.6 is 0 Å². The molecule has 0 aliphatic rings. The van der Waals surface area contributed by atoms with Gasteiger partial charge in [-0.05, 0) is 191 Å². The van der Waals surface area contributed by atoms with Crippen LogP contribution in [0.2, 0.25) is 0 Å². The first-order valence-corrected chi connectivity index (χ1v) is 29.5. The van der Waals surface area contributed by atoms with E-state index in [0.717, 1.165) is 98.5 Å². The molecule has 4 unspecified atom stereocenters. The van der Waals surface area contributed by atoms with E-state index in [9.17, 15) is 22.0 Å². The first-order valence-electron chi connectivity index (χ1n) is 29.5. The highest BCUT2D eigenvalue weighted by Crippen LogP contribution is 2.42. The van der Waals surface area contributed by atoms with Gasteiger partial charge >= 0.3 is 0 Å². The minimum atomic E-state index is -0.405. The van der Waals surface area contributed by atoms with Crippen LogP contribution in [0.5, 0.6) is 0 Å². The van der Waals surface area contributed by atoms with Crippen LogP contribution in [0.3, 0.4) is 0 Å². The molecule has 5 rings (SSSR count). The van der Waals surface area contributed by atoms with E-state index < -0.39 is 6.67 Å². The third kappa shape index (κ3) is 18.3. The van der Waals surface area contributed by atoms with Crippen molar-refractivity contribution >= 4 is 5.57 Å². The van der Waals surface area contributed by atoms with Crippen molar-refractivity contribution in [3.63, 3.8) is 0 Å². The molecule has 77 heavy (non-hydrogen) atoms. The van der Waals surface area contributed by atoms with E-state index in [1.54, 1.807) is 0 Å². The molecule has 0 heterocycles. The van der Waals surface area contributed by atoms with Crippen LogP contribution in [0, 0.1) is 0 Å². The zero-order chi connectivity index (χ0) is 56.4. The number of benzene rings is 5. The van der Waals surface area contributed by atoms with Crippen LogP contribution in [0.4, 0.5) is 22.0 Å². The second-order valence-corrected chi connectivity index (χ2v) is 26.3. The van der Waals surface area contributed by atoms with Crippen molar-refractivity contribution < 1.29 is 22.0 Å². The summed E-state index contributed by atoms with van der Waals surface area (Å²) in [6.07, 6.45) is 12.1. The topological polar surface area (TPSA) is 0 Å². The molecule has 0 saturated heterocycles. The number of allylic oxidation sites excluding steroid dienone is 1. The summed E-state index contributed by atoms with van der Waals surface area (Å²) in [6.45, 7) is 26.8. The summed E-state index contributed by atoms with van der Waals surface area (Å²) in [5.74, 6) is 0.350. The molecule has 0 N–H and O–H groups in total. The summed E-state index contributed by atoms with van der Waals surface area (Å²) in [7, 11) is 0. The second kappa shape index (κ2) is 29.1. The highest BCUT2D eigenvalue weighted by Gasteiger charge is 2.30. The lowest BCUT2D eigenvalue weighted by Gasteiger charge is -2.32. The van der Waals surface area contributed by atoms with Gasteiger partial charge in [0.15, 0.2) is 0 Å². The summed E-state index contributed by atoms with van der Waals surface area (Å²) >= 11 is 0. The lowest BCUT2D eigenvalue weighted by Crippen LogP contribution is -2.22. The molecule has 0 nitrogen and oxygen atoms in total. The molecule has 5 aromatic carbocycles. The Balaban J connectivity index is 1.33. The van der Waals surface area contributed by atoms with Crippen molar-refractivity contribution in [2.75, 3.05) is 33.4 Å². The Morgan fingerprint density at radius 2 is 0.675 bits per heavy atom. The zero-order valence-electron chi connectivity index (χ0n) is 49.6. The van der Waals surface area contributed by atoms with Crippen molar-refractivity contribution in [2.45, 2.75) is 223 Å². The quantitative estimate of drug-likeness (QED) is 0.0285. The van der Waals surface area contributed by atoms with Crippen LogP contribution in [-0.4, -0.2) is 33.4 Å². The summed E-state index contributed by atoms with van der Waals surface area (Å²) in [5.41, 5.74) is 12.4. The number of halogens is 5. The van der Waals surface area contributed by atoms with E-state index >= 15 is 0 Å². The Kier molecular flexibility index (Phi) is 23.9. The van der Waals surface area contributed by atoms with Gasteiger partial charge in [-0.1, -0.05) is 216 Å². The van der Waals surface area contributed by atoms with Crippen molar-refractivity contribution in [3.8, 4) is 0 Å². The predicted octanol–water partition coefficient (Wildman–Crippen LogP) is 21.9. The molecular formula is C72H99F5. The summed E-state index contributed by atoms with van der Waals surface area (Å²) in [4.78, 5) is 0. The normalized spacial score (nSPS) is 14.3. The van der Waals surface area contributed by atoms with Gasteiger partial charge in [-0.3, -0.25) is 22.0 Å². The number of alkyl halides is 5. The Morgan fingerprint density at radius 1 is 0.338 bits per heavy atom. The number of unbranched alkanes of at least 4 members (excludes halogenated alkanes) is 2. The van der Waals surface area contributed by atoms with Crippen molar-refractivity contribution in [2.24, 2.45) is 0 Å². The molecule has 0 saturated carbocycles. The number of hydrogen-bond acceptors (Lipinski definition) is 0. The molecule has 0 aliphatic carbocycles. The minimum Gasteiger partial charge on any atom is -0.251 e. The minimum absolute atomic E-state index is 0.0505. The molecular weight excluding hydrogens is 960 g/mol. The molecule has 5 heteroatoms. The average molecular weight is 1060 g/mol. The Labute approximate surface area is 465 Å². The molecule has 0 aliphatic heterocycles. The monoisotopic (exact) mass is 1060 g/mol. The number of rotatable bonds is 34. The van der Waals surface area contributed by atoms with Crippen LogP contribution in [0.1, 0.15) is 252 Å². The first-order chi connectivity index (χ1) is 36.5. The largest absolute Gasteiger partial charge is 0.251 e. The van der Waals surface area contributed by atoms with Gasteiger partial charge < -0.3 is 0 Å². The van der Waals surface area contributed by atoms with Crippen molar-refractivity contribution in [1.82, 2.24) is 0 Å². The second-order valence-electron chi connectivity index (χ2n) is 26.3. The molecule has 0 aromatic heterocycles. The van der Waals surface area contributed by atoms with Gasteiger partial charge in [0.25, 0.3) is 0 Å². The molecule has 4 atom stereocenters. The summed E-state index contributed by atoms with van der Waals surface area (Å²) in [6, 6.07) is 44.1. The summed E-state index contributed by atoms with van der Waals surface area (Å²) < 4.78 is 69.3. The van der Waals surface area contributed by atoms with Gasteiger partial charge in [-0.15, -0.1) is 0 Å². The highest BCUT2D eigenvalue weighted by molar-refractivity contribution is 5.61.